The molecule has 0 saturated heterocycles. The molecule has 0 aliphatic carbocycles. The molecule has 2 aromatic rings. The van der Waals surface area contributed by atoms with Crippen LogP contribution in [0.15, 0.2) is 48.5 Å². The van der Waals surface area contributed by atoms with Gasteiger partial charge in [-0.2, -0.15) is 13.2 Å². The summed E-state index contributed by atoms with van der Waals surface area (Å²) in [6, 6.07) is 12.9. The highest BCUT2D eigenvalue weighted by Gasteiger charge is 2.33. The molecule has 0 amide bonds. The van der Waals surface area contributed by atoms with E-state index >= 15 is 0 Å². The van der Waals surface area contributed by atoms with Crippen LogP contribution in [0.5, 0.6) is 0 Å². The van der Waals surface area contributed by atoms with Gasteiger partial charge in [-0.1, -0.05) is 82.2 Å². The average molecular weight is 377 g/mol. The number of nitrogens with one attached hydrogen (secondary N) is 1. The van der Waals surface area contributed by atoms with Gasteiger partial charge in [0.05, 0.1) is 5.56 Å². The third kappa shape index (κ3) is 7.28. The summed E-state index contributed by atoms with van der Waals surface area (Å²) in [7, 11) is 0. The van der Waals surface area contributed by atoms with Crippen LogP contribution >= 0.6 is 0 Å². The van der Waals surface area contributed by atoms with Crippen LogP contribution in [0.4, 0.5) is 18.9 Å². The lowest BCUT2D eigenvalue weighted by Crippen LogP contribution is -2.07. The van der Waals surface area contributed by atoms with Crippen LogP contribution in [0.25, 0.3) is 11.1 Å². The lowest BCUT2D eigenvalue weighted by Gasteiger charge is -2.13. The van der Waals surface area contributed by atoms with Crippen molar-refractivity contribution in [2.45, 2.75) is 64.5 Å². The fourth-order valence-electron chi connectivity index (χ4n) is 3.24. The molecule has 0 heterocycles. The summed E-state index contributed by atoms with van der Waals surface area (Å²) in [5, 5.41) is 3.36. The Bertz CT molecular complexity index is 662. The summed E-state index contributed by atoms with van der Waals surface area (Å²) in [5.74, 6) is 0. The molecule has 0 bridgehead atoms. The van der Waals surface area contributed by atoms with Gasteiger partial charge in [0.15, 0.2) is 0 Å². The number of alkyl halides is 3. The minimum Gasteiger partial charge on any atom is -0.385 e. The summed E-state index contributed by atoms with van der Waals surface area (Å²) in [6.45, 7) is 3.13. The van der Waals surface area contributed by atoms with Crippen molar-refractivity contribution >= 4 is 5.69 Å². The first-order valence-corrected chi connectivity index (χ1v) is 10.0. The zero-order valence-electron chi connectivity index (χ0n) is 16.1. The SMILES string of the molecule is CCCCCCCCCCNc1ccc(-c2ccccc2C(F)(F)F)cc1. The lowest BCUT2D eigenvalue weighted by atomic mass is 9.99. The number of benzene rings is 2. The van der Waals surface area contributed by atoms with E-state index in [2.05, 4.69) is 12.2 Å². The van der Waals surface area contributed by atoms with E-state index in [1.54, 1.807) is 18.2 Å². The van der Waals surface area contributed by atoms with Gasteiger partial charge in [-0.3, -0.25) is 0 Å². The topological polar surface area (TPSA) is 12.0 Å². The van der Waals surface area contributed by atoms with Crippen LogP contribution in [-0.2, 0) is 6.18 Å². The van der Waals surface area contributed by atoms with Gasteiger partial charge in [0.1, 0.15) is 0 Å². The quantitative estimate of drug-likeness (QED) is 0.392. The number of hydrogen-bond acceptors (Lipinski definition) is 1. The largest absolute Gasteiger partial charge is 0.417 e. The second-order valence-electron chi connectivity index (χ2n) is 7.02. The third-order valence-corrected chi connectivity index (χ3v) is 4.79. The van der Waals surface area contributed by atoms with Crippen molar-refractivity contribution in [3.8, 4) is 11.1 Å². The average Bonchev–Trinajstić information content (AvgIpc) is 2.66. The second-order valence-corrected chi connectivity index (χ2v) is 7.02. The van der Waals surface area contributed by atoms with Crippen molar-refractivity contribution in [3.63, 3.8) is 0 Å². The van der Waals surface area contributed by atoms with Gasteiger partial charge in [0.25, 0.3) is 0 Å². The molecular weight excluding hydrogens is 347 g/mol. The number of rotatable bonds is 11. The maximum Gasteiger partial charge on any atom is 0.417 e. The minimum atomic E-state index is -4.34. The summed E-state index contributed by atoms with van der Waals surface area (Å²) in [4.78, 5) is 0. The summed E-state index contributed by atoms with van der Waals surface area (Å²) >= 11 is 0. The fourth-order valence-corrected chi connectivity index (χ4v) is 3.24. The van der Waals surface area contributed by atoms with Crippen LogP contribution in [0.2, 0.25) is 0 Å². The molecule has 0 spiro atoms. The molecule has 148 valence electrons. The summed E-state index contributed by atoms with van der Waals surface area (Å²) in [6.07, 6.45) is 5.88. The van der Waals surface area contributed by atoms with E-state index in [9.17, 15) is 13.2 Å². The van der Waals surface area contributed by atoms with Crippen molar-refractivity contribution in [2.75, 3.05) is 11.9 Å². The fraction of sp³-hybridized carbons (Fsp3) is 0.478. The molecule has 4 heteroatoms. The first kappa shape index (κ1) is 21.3. The molecule has 2 rings (SSSR count). The minimum absolute atomic E-state index is 0.222. The van der Waals surface area contributed by atoms with E-state index in [-0.39, 0.29) is 5.56 Å². The second kappa shape index (κ2) is 11.0. The zero-order chi connectivity index (χ0) is 19.5. The molecular formula is C23H30F3N. The predicted octanol–water partition coefficient (Wildman–Crippen LogP) is 7.93. The van der Waals surface area contributed by atoms with E-state index < -0.39 is 11.7 Å². The molecule has 0 aliphatic heterocycles. The van der Waals surface area contributed by atoms with Gasteiger partial charge in [0, 0.05) is 12.2 Å². The van der Waals surface area contributed by atoms with E-state index in [1.165, 1.54) is 57.1 Å². The lowest BCUT2D eigenvalue weighted by molar-refractivity contribution is -0.137. The maximum atomic E-state index is 13.2. The molecule has 0 radical (unpaired) electrons. The van der Waals surface area contributed by atoms with Gasteiger partial charge in [0.2, 0.25) is 0 Å². The molecule has 0 aliphatic rings. The Morgan fingerprint density at radius 3 is 1.96 bits per heavy atom. The van der Waals surface area contributed by atoms with Crippen LogP contribution < -0.4 is 5.32 Å². The molecule has 0 atom stereocenters. The normalized spacial score (nSPS) is 11.6. The van der Waals surface area contributed by atoms with E-state index in [0.717, 1.165) is 24.7 Å². The smallest absolute Gasteiger partial charge is 0.385 e. The first-order valence-electron chi connectivity index (χ1n) is 10.0. The van der Waals surface area contributed by atoms with Gasteiger partial charge in [-0.05, 0) is 35.7 Å². The molecule has 0 saturated carbocycles. The number of anilines is 1. The summed E-state index contributed by atoms with van der Waals surface area (Å²) < 4.78 is 39.5. The maximum absolute atomic E-state index is 13.2. The molecule has 27 heavy (non-hydrogen) atoms. The van der Waals surface area contributed by atoms with Gasteiger partial charge >= 0.3 is 6.18 Å². The van der Waals surface area contributed by atoms with Gasteiger partial charge in [-0.25, -0.2) is 0 Å². The van der Waals surface area contributed by atoms with Crippen molar-refractivity contribution in [2.24, 2.45) is 0 Å². The molecule has 0 unspecified atom stereocenters. The predicted molar refractivity (Wildman–Crippen MR) is 108 cm³/mol. The van der Waals surface area contributed by atoms with E-state index in [4.69, 9.17) is 0 Å². The third-order valence-electron chi connectivity index (χ3n) is 4.79. The first-order chi connectivity index (χ1) is 13.0. The number of hydrogen-bond donors (Lipinski definition) is 1. The van der Waals surface area contributed by atoms with Crippen molar-refractivity contribution in [1.82, 2.24) is 0 Å². The zero-order valence-corrected chi connectivity index (χ0v) is 16.1. The Hall–Kier alpha value is -1.97. The highest BCUT2D eigenvalue weighted by Crippen LogP contribution is 2.37. The summed E-state index contributed by atoms with van der Waals surface area (Å²) in [5.41, 5.74) is 1.16. The van der Waals surface area contributed by atoms with Crippen LogP contribution in [0, 0.1) is 0 Å². The highest BCUT2D eigenvalue weighted by molar-refractivity contribution is 5.69. The Kier molecular flexibility index (Phi) is 8.70. The van der Waals surface area contributed by atoms with Gasteiger partial charge < -0.3 is 5.32 Å². The molecule has 1 nitrogen and oxygen atoms in total. The van der Waals surface area contributed by atoms with E-state index in [0.29, 0.717) is 5.56 Å². The van der Waals surface area contributed by atoms with E-state index in [1.807, 2.05) is 12.1 Å². The Morgan fingerprint density at radius 1 is 0.741 bits per heavy atom. The Balaban J connectivity index is 1.78. The number of unbranched alkanes of at least 4 members (excludes halogenated alkanes) is 7. The Morgan fingerprint density at radius 2 is 1.33 bits per heavy atom. The van der Waals surface area contributed by atoms with Gasteiger partial charge in [-0.15, -0.1) is 0 Å². The molecule has 1 N–H and O–H groups in total. The van der Waals surface area contributed by atoms with Crippen molar-refractivity contribution < 1.29 is 13.2 Å². The van der Waals surface area contributed by atoms with Crippen LogP contribution in [-0.4, -0.2) is 6.54 Å². The standard InChI is InChI=1S/C23H30F3N/c1-2-3-4-5-6-7-8-11-18-27-20-16-14-19(15-17-20)21-12-9-10-13-22(21)23(24,25)26/h9-10,12-17,27H,2-8,11,18H2,1H3. The highest BCUT2D eigenvalue weighted by atomic mass is 19.4. The van der Waals surface area contributed by atoms with Crippen LogP contribution in [0.3, 0.4) is 0 Å². The molecule has 2 aromatic carbocycles. The monoisotopic (exact) mass is 377 g/mol. The van der Waals surface area contributed by atoms with Crippen molar-refractivity contribution in [3.05, 3.63) is 54.1 Å². The van der Waals surface area contributed by atoms with Crippen LogP contribution in [0.1, 0.15) is 63.9 Å². The van der Waals surface area contributed by atoms with Crippen molar-refractivity contribution in [1.29, 1.82) is 0 Å². The Labute approximate surface area is 161 Å². The number of halogens is 3. The molecule has 0 aromatic heterocycles. The molecule has 0 fully saturated rings.